The summed E-state index contributed by atoms with van der Waals surface area (Å²) in [7, 11) is 1.93. The summed E-state index contributed by atoms with van der Waals surface area (Å²) in [4.78, 5) is 0. The Morgan fingerprint density at radius 3 is 2.95 bits per heavy atom. The van der Waals surface area contributed by atoms with Crippen molar-refractivity contribution in [2.45, 2.75) is 32.2 Å². The molecule has 1 aliphatic rings. The van der Waals surface area contributed by atoms with Crippen LogP contribution >= 0.6 is 0 Å². The van der Waals surface area contributed by atoms with Crippen molar-refractivity contribution in [3.8, 4) is 0 Å². The molecule has 106 valence electrons. The van der Waals surface area contributed by atoms with Gasteiger partial charge < -0.3 is 5.32 Å². The van der Waals surface area contributed by atoms with Crippen LogP contribution in [-0.2, 0) is 19.9 Å². The summed E-state index contributed by atoms with van der Waals surface area (Å²) in [5.41, 5.74) is 4.06. The van der Waals surface area contributed by atoms with Gasteiger partial charge in [0.1, 0.15) is 0 Å². The fraction of sp³-hybridized carbons (Fsp3) is 0.500. The van der Waals surface area contributed by atoms with Crippen LogP contribution < -0.4 is 5.32 Å². The van der Waals surface area contributed by atoms with E-state index >= 15 is 0 Å². The van der Waals surface area contributed by atoms with E-state index in [0.29, 0.717) is 12.0 Å². The maximum absolute atomic E-state index is 4.25. The standard InChI is InChI=1S/C16H22N4/c1-3-17-16-13(10-14-11-20(2)19-18-14)9-8-12-6-4-5-7-15(12)16/h4-7,11,13,16-17H,3,8-10H2,1-2H3. The van der Waals surface area contributed by atoms with Gasteiger partial charge in [0.25, 0.3) is 0 Å². The molecule has 4 heteroatoms. The van der Waals surface area contributed by atoms with E-state index in [1.54, 1.807) is 4.68 Å². The Kier molecular flexibility index (Phi) is 3.83. The van der Waals surface area contributed by atoms with Gasteiger partial charge in [-0.3, -0.25) is 4.68 Å². The van der Waals surface area contributed by atoms with E-state index in [4.69, 9.17) is 0 Å². The summed E-state index contributed by atoms with van der Waals surface area (Å²) >= 11 is 0. The average Bonchev–Trinajstić information content (AvgIpc) is 2.87. The van der Waals surface area contributed by atoms with Crippen LogP contribution in [0.5, 0.6) is 0 Å². The van der Waals surface area contributed by atoms with Crippen molar-refractivity contribution in [1.29, 1.82) is 0 Å². The molecule has 2 atom stereocenters. The summed E-state index contributed by atoms with van der Waals surface area (Å²) in [6, 6.07) is 9.26. The first kappa shape index (κ1) is 13.3. The molecule has 1 aliphatic carbocycles. The highest BCUT2D eigenvalue weighted by Crippen LogP contribution is 2.35. The minimum Gasteiger partial charge on any atom is -0.310 e. The van der Waals surface area contributed by atoms with Crippen molar-refractivity contribution in [3.05, 3.63) is 47.3 Å². The molecule has 0 bridgehead atoms. The van der Waals surface area contributed by atoms with E-state index in [1.807, 2.05) is 13.2 Å². The van der Waals surface area contributed by atoms with E-state index in [0.717, 1.165) is 18.7 Å². The molecular formula is C16H22N4. The van der Waals surface area contributed by atoms with Gasteiger partial charge in [-0.05, 0) is 42.9 Å². The minimum atomic E-state index is 0.437. The third-order valence-corrected chi connectivity index (χ3v) is 4.19. The average molecular weight is 270 g/mol. The molecule has 1 aromatic carbocycles. The third kappa shape index (κ3) is 2.61. The molecule has 1 heterocycles. The molecule has 0 saturated heterocycles. The van der Waals surface area contributed by atoms with Crippen LogP contribution in [-0.4, -0.2) is 21.5 Å². The number of rotatable bonds is 4. The number of hydrogen-bond donors (Lipinski definition) is 1. The lowest BCUT2D eigenvalue weighted by Crippen LogP contribution is -2.33. The number of hydrogen-bond acceptors (Lipinski definition) is 3. The number of benzene rings is 1. The largest absolute Gasteiger partial charge is 0.310 e. The van der Waals surface area contributed by atoms with Crippen molar-refractivity contribution < 1.29 is 0 Å². The van der Waals surface area contributed by atoms with Crippen LogP contribution in [0.15, 0.2) is 30.5 Å². The number of aryl methyl sites for hydroxylation is 2. The SMILES string of the molecule is CCNC1c2ccccc2CCC1Cc1cn(C)nn1. The smallest absolute Gasteiger partial charge is 0.0830 e. The molecule has 0 radical (unpaired) electrons. The van der Waals surface area contributed by atoms with Gasteiger partial charge in [0.2, 0.25) is 0 Å². The summed E-state index contributed by atoms with van der Waals surface area (Å²) in [5.74, 6) is 0.599. The first-order chi connectivity index (χ1) is 9.78. The van der Waals surface area contributed by atoms with Gasteiger partial charge in [0, 0.05) is 19.3 Å². The van der Waals surface area contributed by atoms with E-state index < -0.39 is 0 Å². The molecule has 0 spiro atoms. The summed E-state index contributed by atoms with van der Waals surface area (Å²) in [6.07, 6.45) is 5.41. The predicted octanol–water partition coefficient (Wildman–Crippen LogP) is 2.27. The van der Waals surface area contributed by atoms with Gasteiger partial charge in [-0.2, -0.15) is 0 Å². The molecule has 2 aromatic rings. The molecule has 0 fully saturated rings. The van der Waals surface area contributed by atoms with Crippen molar-refractivity contribution in [2.24, 2.45) is 13.0 Å². The monoisotopic (exact) mass is 270 g/mol. The van der Waals surface area contributed by atoms with Gasteiger partial charge >= 0.3 is 0 Å². The van der Waals surface area contributed by atoms with Crippen molar-refractivity contribution >= 4 is 0 Å². The molecule has 2 unspecified atom stereocenters. The lowest BCUT2D eigenvalue weighted by Gasteiger charge is -2.34. The van der Waals surface area contributed by atoms with Crippen LogP contribution in [0.1, 0.15) is 36.2 Å². The summed E-state index contributed by atoms with van der Waals surface area (Å²) < 4.78 is 1.79. The molecule has 0 aliphatic heterocycles. The van der Waals surface area contributed by atoms with E-state index in [1.165, 1.54) is 24.0 Å². The zero-order valence-corrected chi connectivity index (χ0v) is 12.2. The zero-order valence-electron chi connectivity index (χ0n) is 12.2. The Morgan fingerprint density at radius 1 is 1.35 bits per heavy atom. The fourth-order valence-corrected chi connectivity index (χ4v) is 3.30. The molecule has 1 N–H and O–H groups in total. The lowest BCUT2D eigenvalue weighted by atomic mass is 9.77. The van der Waals surface area contributed by atoms with Gasteiger partial charge in [-0.25, -0.2) is 0 Å². The Balaban J connectivity index is 1.84. The van der Waals surface area contributed by atoms with E-state index in [-0.39, 0.29) is 0 Å². The molecule has 4 nitrogen and oxygen atoms in total. The second-order valence-electron chi connectivity index (χ2n) is 5.62. The first-order valence-electron chi connectivity index (χ1n) is 7.44. The molecule has 0 amide bonds. The van der Waals surface area contributed by atoms with Crippen LogP contribution in [0, 0.1) is 5.92 Å². The molecule has 20 heavy (non-hydrogen) atoms. The normalized spacial score (nSPS) is 21.7. The second kappa shape index (κ2) is 5.75. The molecule has 3 rings (SSSR count). The summed E-state index contributed by atoms with van der Waals surface area (Å²) in [6.45, 7) is 3.17. The maximum Gasteiger partial charge on any atom is 0.0830 e. The first-order valence-corrected chi connectivity index (χ1v) is 7.44. The Hall–Kier alpha value is -1.68. The van der Waals surface area contributed by atoms with Crippen LogP contribution in [0.3, 0.4) is 0 Å². The highest BCUT2D eigenvalue weighted by atomic mass is 15.4. The predicted molar refractivity (Wildman–Crippen MR) is 79.4 cm³/mol. The highest BCUT2D eigenvalue weighted by Gasteiger charge is 2.29. The molecule has 0 saturated carbocycles. The highest BCUT2D eigenvalue weighted by molar-refractivity contribution is 5.33. The zero-order chi connectivity index (χ0) is 13.9. The van der Waals surface area contributed by atoms with Crippen LogP contribution in [0.4, 0.5) is 0 Å². The number of nitrogens with zero attached hydrogens (tertiary/aromatic N) is 3. The number of aromatic nitrogens is 3. The van der Waals surface area contributed by atoms with Crippen molar-refractivity contribution in [3.63, 3.8) is 0 Å². The van der Waals surface area contributed by atoms with Gasteiger partial charge in [-0.1, -0.05) is 36.4 Å². The minimum absolute atomic E-state index is 0.437. The number of fused-ring (bicyclic) bond motifs is 1. The van der Waals surface area contributed by atoms with Crippen LogP contribution in [0.25, 0.3) is 0 Å². The topological polar surface area (TPSA) is 42.7 Å². The fourth-order valence-electron chi connectivity index (χ4n) is 3.30. The Morgan fingerprint density at radius 2 is 2.20 bits per heavy atom. The lowest BCUT2D eigenvalue weighted by molar-refractivity contribution is 0.321. The number of nitrogens with one attached hydrogen (secondary N) is 1. The molecule has 1 aromatic heterocycles. The third-order valence-electron chi connectivity index (χ3n) is 4.19. The maximum atomic E-state index is 4.25. The molecular weight excluding hydrogens is 248 g/mol. The Labute approximate surface area is 120 Å². The van der Waals surface area contributed by atoms with E-state index in [9.17, 15) is 0 Å². The Bertz CT molecular complexity index is 575. The van der Waals surface area contributed by atoms with E-state index in [2.05, 4.69) is 46.8 Å². The van der Waals surface area contributed by atoms with Crippen LogP contribution in [0.2, 0.25) is 0 Å². The van der Waals surface area contributed by atoms with Crippen molar-refractivity contribution in [2.75, 3.05) is 6.54 Å². The van der Waals surface area contributed by atoms with Gasteiger partial charge in [0.15, 0.2) is 0 Å². The second-order valence-corrected chi connectivity index (χ2v) is 5.62. The van der Waals surface area contributed by atoms with Crippen molar-refractivity contribution in [1.82, 2.24) is 20.3 Å². The van der Waals surface area contributed by atoms with Gasteiger partial charge in [-0.15, -0.1) is 5.10 Å². The summed E-state index contributed by atoms with van der Waals surface area (Å²) in [5, 5.41) is 12.0. The van der Waals surface area contributed by atoms with Gasteiger partial charge in [0.05, 0.1) is 5.69 Å². The quantitative estimate of drug-likeness (QED) is 0.927.